The standard InChI is InChI=1S/C19H22BrN3O2/c1-13-4-5-14(2)17(10-13)22-18(24)12-23(3)19(25)11-21-16-8-6-15(20)7-9-16/h4-10,21H,11-12H2,1-3H3,(H,22,24). The molecule has 2 aromatic rings. The number of carbonyl (C=O) groups excluding carboxylic acids is 2. The van der Waals surface area contributed by atoms with E-state index in [0.717, 1.165) is 27.0 Å². The van der Waals surface area contributed by atoms with Gasteiger partial charge in [0, 0.05) is 22.9 Å². The average molecular weight is 404 g/mol. The first-order valence-electron chi connectivity index (χ1n) is 7.95. The van der Waals surface area contributed by atoms with Gasteiger partial charge in [-0.1, -0.05) is 28.1 Å². The van der Waals surface area contributed by atoms with Crippen LogP contribution in [0.3, 0.4) is 0 Å². The molecule has 0 saturated carbocycles. The monoisotopic (exact) mass is 403 g/mol. The number of aryl methyl sites for hydroxylation is 2. The highest BCUT2D eigenvalue weighted by Gasteiger charge is 2.13. The number of hydrogen-bond donors (Lipinski definition) is 2. The molecule has 0 heterocycles. The van der Waals surface area contributed by atoms with Crippen LogP contribution in [0, 0.1) is 13.8 Å². The largest absolute Gasteiger partial charge is 0.376 e. The predicted molar refractivity (Wildman–Crippen MR) is 105 cm³/mol. The Labute approximate surface area is 156 Å². The third-order valence-electron chi connectivity index (χ3n) is 3.76. The van der Waals surface area contributed by atoms with Gasteiger partial charge in [0.25, 0.3) is 0 Å². The normalized spacial score (nSPS) is 10.2. The minimum atomic E-state index is -0.215. The first kappa shape index (κ1) is 19.0. The van der Waals surface area contributed by atoms with E-state index in [1.165, 1.54) is 4.90 Å². The Morgan fingerprint density at radius 1 is 1.08 bits per heavy atom. The maximum Gasteiger partial charge on any atom is 0.243 e. The second-order valence-corrected chi connectivity index (χ2v) is 6.89. The van der Waals surface area contributed by atoms with Gasteiger partial charge in [-0.05, 0) is 55.3 Å². The zero-order chi connectivity index (χ0) is 18.4. The van der Waals surface area contributed by atoms with Crippen molar-refractivity contribution in [2.45, 2.75) is 13.8 Å². The van der Waals surface area contributed by atoms with Crippen LogP contribution in [0.15, 0.2) is 46.9 Å². The van der Waals surface area contributed by atoms with Crippen LogP contribution >= 0.6 is 15.9 Å². The quantitative estimate of drug-likeness (QED) is 0.774. The van der Waals surface area contributed by atoms with Crippen molar-refractivity contribution in [2.75, 3.05) is 30.8 Å². The number of rotatable bonds is 6. The summed E-state index contributed by atoms with van der Waals surface area (Å²) in [6.07, 6.45) is 0. The van der Waals surface area contributed by atoms with Crippen molar-refractivity contribution in [1.29, 1.82) is 0 Å². The van der Waals surface area contributed by atoms with E-state index in [-0.39, 0.29) is 24.9 Å². The molecule has 0 fully saturated rings. The summed E-state index contributed by atoms with van der Waals surface area (Å²) in [5.41, 5.74) is 3.69. The molecule has 0 aliphatic rings. The third kappa shape index (κ3) is 5.90. The van der Waals surface area contributed by atoms with Crippen LogP contribution in [0.5, 0.6) is 0 Å². The van der Waals surface area contributed by atoms with E-state index >= 15 is 0 Å². The van der Waals surface area contributed by atoms with Gasteiger partial charge in [0.2, 0.25) is 11.8 Å². The molecule has 132 valence electrons. The predicted octanol–water partition coefficient (Wildman–Crippen LogP) is 3.57. The summed E-state index contributed by atoms with van der Waals surface area (Å²) in [5, 5.41) is 5.91. The van der Waals surface area contributed by atoms with Crippen LogP contribution in [0.2, 0.25) is 0 Å². The molecule has 0 unspecified atom stereocenters. The maximum absolute atomic E-state index is 12.2. The highest BCUT2D eigenvalue weighted by atomic mass is 79.9. The third-order valence-corrected chi connectivity index (χ3v) is 4.29. The van der Waals surface area contributed by atoms with E-state index in [2.05, 4.69) is 26.6 Å². The Morgan fingerprint density at radius 3 is 2.44 bits per heavy atom. The fourth-order valence-electron chi connectivity index (χ4n) is 2.24. The van der Waals surface area contributed by atoms with Crippen molar-refractivity contribution < 1.29 is 9.59 Å². The van der Waals surface area contributed by atoms with Gasteiger partial charge in [-0.3, -0.25) is 9.59 Å². The number of likely N-dealkylation sites (N-methyl/N-ethyl adjacent to an activating group) is 1. The van der Waals surface area contributed by atoms with Crippen LogP contribution < -0.4 is 10.6 Å². The molecule has 0 aliphatic carbocycles. The molecule has 0 radical (unpaired) electrons. The van der Waals surface area contributed by atoms with Crippen molar-refractivity contribution in [3.8, 4) is 0 Å². The lowest BCUT2D eigenvalue weighted by molar-refractivity contribution is -0.131. The molecular formula is C19H22BrN3O2. The van der Waals surface area contributed by atoms with Gasteiger partial charge >= 0.3 is 0 Å². The van der Waals surface area contributed by atoms with Crippen molar-refractivity contribution in [3.05, 3.63) is 58.1 Å². The van der Waals surface area contributed by atoms with Gasteiger partial charge in [0.1, 0.15) is 0 Å². The molecule has 6 heteroatoms. The van der Waals surface area contributed by atoms with Crippen LogP contribution in [0.25, 0.3) is 0 Å². The zero-order valence-corrected chi connectivity index (χ0v) is 16.2. The topological polar surface area (TPSA) is 61.4 Å². The molecule has 5 nitrogen and oxygen atoms in total. The number of nitrogens with zero attached hydrogens (tertiary/aromatic N) is 1. The van der Waals surface area contributed by atoms with Crippen LogP contribution in [0.4, 0.5) is 11.4 Å². The first-order chi connectivity index (χ1) is 11.8. The Bertz CT molecular complexity index is 760. The fourth-order valence-corrected chi connectivity index (χ4v) is 2.51. The molecule has 0 aromatic heterocycles. The SMILES string of the molecule is Cc1ccc(C)c(NC(=O)CN(C)C(=O)CNc2ccc(Br)cc2)c1. The van der Waals surface area contributed by atoms with Gasteiger partial charge in [-0.15, -0.1) is 0 Å². The lowest BCUT2D eigenvalue weighted by Crippen LogP contribution is -2.38. The Morgan fingerprint density at radius 2 is 1.76 bits per heavy atom. The molecule has 2 amide bonds. The van der Waals surface area contributed by atoms with E-state index in [9.17, 15) is 9.59 Å². The molecule has 0 atom stereocenters. The van der Waals surface area contributed by atoms with Crippen molar-refractivity contribution >= 4 is 39.1 Å². The summed E-state index contributed by atoms with van der Waals surface area (Å²) in [5.74, 6) is -0.368. The summed E-state index contributed by atoms with van der Waals surface area (Å²) >= 11 is 3.37. The smallest absolute Gasteiger partial charge is 0.243 e. The highest BCUT2D eigenvalue weighted by Crippen LogP contribution is 2.16. The molecule has 2 N–H and O–H groups in total. The van der Waals surface area contributed by atoms with Crippen LogP contribution in [-0.4, -0.2) is 36.9 Å². The van der Waals surface area contributed by atoms with E-state index in [0.29, 0.717) is 0 Å². The summed E-state index contributed by atoms with van der Waals surface area (Å²) in [4.78, 5) is 25.7. The number of nitrogens with one attached hydrogen (secondary N) is 2. The Balaban J connectivity index is 1.84. The summed E-state index contributed by atoms with van der Waals surface area (Å²) < 4.78 is 0.976. The first-order valence-corrected chi connectivity index (χ1v) is 8.75. The summed E-state index contributed by atoms with van der Waals surface area (Å²) in [6, 6.07) is 13.4. The Hall–Kier alpha value is -2.34. The maximum atomic E-state index is 12.2. The number of amides is 2. The van der Waals surface area contributed by atoms with Gasteiger partial charge in [-0.25, -0.2) is 0 Å². The van der Waals surface area contributed by atoms with Crippen molar-refractivity contribution in [2.24, 2.45) is 0 Å². The van der Waals surface area contributed by atoms with E-state index in [1.54, 1.807) is 7.05 Å². The second kappa shape index (κ2) is 8.67. The second-order valence-electron chi connectivity index (χ2n) is 5.98. The molecular weight excluding hydrogens is 382 g/mol. The van der Waals surface area contributed by atoms with Crippen molar-refractivity contribution in [1.82, 2.24) is 4.90 Å². The van der Waals surface area contributed by atoms with Gasteiger partial charge < -0.3 is 15.5 Å². The molecule has 2 aromatic carbocycles. The van der Waals surface area contributed by atoms with Crippen molar-refractivity contribution in [3.63, 3.8) is 0 Å². The average Bonchev–Trinajstić information content (AvgIpc) is 2.57. The molecule has 0 saturated heterocycles. The number of carbonyl (C=O) groups is 2. The van der Waals surface area contributed by atoms with Gasteiger partial charge in [0.05, 0.1) is 13.1 Å². The number of anilines is 2. The Kier molecular flexibility index (Phi) is 6.58. The number of hydrogen-bond acceptors (Lipinski definition) is 3. The lowest BCUT2D eigenvalue weighted by Gasteiger charge is -2.18. The van der Waals surface area contributed by atoms with Gasteiger partial charge in [0.15, 0.2) is 0 Å². The van der Waals surface area contributed by atoms with E-state index < -0.39 is 0 Å². The lowest BCUT2D eigenvalue weighted by atomic mass is 10.1. The van der Waals surface area contributed by atoms with E-state index in [1.807, 2.05) is 56.3 Å². The highest BCUT2D eigenvalue weighted by molar-refractivity contribution is 9.10. The number of benzene rings is 2. The molecule has 25 heavy (non-hydrogen) atoms. The van der Waals surface area contributed by atoms with Gasteiger partial charge in [-0.2, -0.15) is 0 Å². The minimum absolute atomic E-state index is 0.00817. The van der Waals surface area contributed by atoms with Crippen LogP contribution in [0.1, 0.15) is 11.1 Å². The summed E-state index contributed by atoms with van der Waals surface area (Å²) in [6.45, 7) is 4.05. The minimum Gasteiger partial charge on any atom is -0.376 e. The van der Waals surface area contributed by atoms with E-state index in [4.69, 9.17) is 0 Å². The summed E-state index contributed by atoms with van der Waals surface area (Å²) in [7, 11) is 1.62. The number of halogens is 1. The van der Waals surface area contributed by atoms with Crippen LogP contribution in [-0.2, 0) is 9.59 Å². The zero-order valence-electron chi connectivity index (χ0n) is 14.6. The fraction of sp³-hybridized carbons (Fsp3) is 0.263. The molecule has 0 bridgehead atoms. The molecule has 0 aliphatic heterocycles. The molecule has 2 rings (SSSR count). The molecule has 0 spiro atoms.